The van der Waals surface area contributed by atoms with E-state index in [1.54, 1.807) is 12.3 Å². The highest BCUT2D eigenvalue weighted by Gasteiger charge is 2.67. The molecule has 4 atom stereocenters. The first-order valence-corrected chi connectivity index (χ1v) is 21.7. The number of nitrogens with zero attached hydrogens (tertiary/aromatic N) is 3. The van der Waals surface area contributed by atoms with Gasteiger partial charge in [-0.05, 0) is 53.2 Å². The fourth-order valence-electron chi connectivity index (χ4n) is 7.93. The van der Waals surface area contributed by atoms with Crippen LogP contribution in [0.1, 0.15) is 76.4 Å². The molecule has 2 N–H and O–H groups in total. The van der Waals surface area contributed by atoms with Crippen LogP contribution in [0, 0.1) is 11.8 Å². The number of aromatic nitrogens is 2. The number of anilines is 1. The van der Waals surface area contributed by atoms with E-state index in [-0.39, 0.29) is 41.0 Å². The third-order valence-corrected chi connectivity index (χ3v) is 16.1. The normalized spacial score (nSPS) is 22.0. The predicted octanol–water partition coefficient (Wildman–Crippen LogP) is 7.95. The van der Waals surface area contributed by atoms with E-state index < -0.39 is 43.4 Å². The Morgan fingerprint density at radius 1 is 1.02 bits per heavy atom. The lowest BCUT2D eigenvalue weighted by Gasteiger charge is -2.54. The van der Waals surface area contributed by atoms with Crippen molar-refractivity contribution in [2.24, 2.45) is 11.8 Å². The summed E-state index contributed by atoms with van der Waals surface area (Å²) in [6, 6.07) is 18.6. The number of allylic oxidation sites excluding steroid dienone is 1. The molecule has 3 aliphatic carbocycles. The quantitative estimate of drug-likeness (QED) is 0.108. The van der Waals surface area contributed by atoms with Crippen molar-refractivity contribution in [3.8, 4) is 11.6 Å². The molecule has 0 aliphatic heterocycles. The van der Waals surface area contributed by atoms with E-state index >= 15 is 9.59 Å². The summed E-state index contributed by atoms with van der Waals surface area (Å²) >= 11 is 0. The SMILES string of the molecule is C=CCN[C@@H]1c2onc(OCc3ccccc3)c2C(=O)[C@@]2(O[Si](C)(C)C(C)(C)C)C(O)=C3C(=O)c4c(OCc5ccccc5)cnc(N(C)C)c4C[C@H]3C[C@@H]12. The van der Waals surface area contributed by atoms with Crippen molar-refractivity contribution in [2.45, 2.75) is 76.6 Å². The Labute approximate surface area is 323 Å². The molecule has 288 valence electrons. The van der Waals surface area contributed by atoms with Crippen LogP contribution in [0.15, 0.2) is 95.4 Å². The minimum atomic E-state index is -2.89. The molecule has 0 unspecified atom stereocenters. The molecular weight excluding hydrogens is 713 g/mol. The van der Waals surface area contributed by atoms with Gasteiger partial charge in [-0.15, -0.1) is 6.58 Å². The van der Waals surface area contributed by atoms with Gasteiger partial charge in [0, 0.05) is 37.7 Å². The molecule has 3 aliphatic rings. The second kappa shape index (κ2) is 14.6. The van der Waals surface area contributed by atoms with Crippen molar-refractivity contribution in [3.05, 3.63) is 124 Å². The van der Waals surface area contributed by atoms with E-state index in [4.69, 9.17) is 23.4 Å². The molecule has 0 bridgehead atoms. The van der Waals surface area contributed by atoms with Crippen molar-refractivity contribution >= 4 is 25.7 Å². The van der Waals surface area contributed by atoms with E-state index in [1.165, 1.54) is 0 Å². The summed E-state index contributed by atoms with van der Waals surface area (Å²) in [5.74, 6) is -1.21. The van der Waals surface area contributed by atoms with Crippen LogP contribution in [0.2, 0.25) is 18.1 Å². The average Bonchev–Trinajstić information content (AvgIpc) is 3.58. The lowest BCUT2D eigenvalue weighted by molar-refractivity contribution is -0.0318. The Morgan fingerprint density at radius 3 is 2.25 bits per heavy atom. The number of Topliss-reactive ketones (excluding diaryl/α,β-unsaturated/α-hetero) is 2. The number of hydrogen-bond acceptors (Lipinski definition) is 11. The molecule has 12 heteroatoms. The number of hydrogen-bond donors (Lipinski definition) is 2. The number of ketones is 2. The number of benzene rings is 2. The molecule has 0 fully saturated rings. The summed E-state index contributed by atoms with van der Waals surface area (Å²) in [6.07, 6.45) is 4.00. The lowest BCUT2D eigenvalue weighted by Crippen LogP contribution is -2.65. The predicted molar refractivity (Wildman–Crippen MR) is 212 cm³/mol. The van der Waals surface area contributed by atoms with Gasteiger partial charge in [0.05, 0.1) is 17.8 Å². The summed E-state index contributed by atoms with van der Waals surface area (Å²) in [6.45, 7) is 15.0. The highest BCUT2D eigenvalue weighted by atomic mass is 28.4. The number of rotatable bonds is 12. The molecule has 7 rings (SSSR count). The zero-order chi connectivity index (χ0) is 39.3. The molecule has 55 heavy (non-hydrogen) atoms. The third kappa shape index (κ3) is 6.59. The fourth-order valence-corrected chi connectivity index (χ4v) is 9.39. The number of pyridine rings is 1. The topological polar surface area (TPSA) is 136 Å². The van der Waals surface area contributed by atoms with Crippen LogP contribution in [0.3, 0.4) is 0 Å². The summed E-state index contributed by atoms with van der Waals surface area (Å²) in [7, 11) is 0.886. The third-order valence-electron chi connectivity index (χ3n) is 11.6. The number of nitrogens with one attached hydrogen (secondary N) is 1. The molecule has 2 aromatic carbocycles. The highest BCUT2D eigenvalue weighted by molar-refractivity contribution is 6.74. The van der Waals surface area contributed by atoms with Crippen LogP contribution < -0.4 is 19.7 Å². The molecule has 4 aromatic rings. The number of ether oxygens (including phenoxy) is 2. The van der Waals surface area contributed by atoms with E-state index in [0.717, 1.165) is 16.7 Å². The minimum Gasteiger partial charge on any atom is -0.508 e. The van der Waals surface area contributed by atoms with Gasteiger partial charge in [-0.1, -0.05) is 87.5 Å². The molecule has 0 radical (unpaired) electrons. The van der Waals surface area contributed by atoms with Gasteiger partial charge in [0.15, 0.2) is 25.5 Å². The number of aliphatic hydroxyl groups excluding tert-OH is 1. The maximum Gasteiger partial charge on any atom is 0.265 e. The van der Waals surface area contributed by atoms with Crippen LogP contribution in [0.4, 0.5) is 5.82 Å². The Bertz CT molecular complexity index is 2140. The second-order valence-corrected chi connectivity index (χ2v) is 21.1. The Morgan fingerprint density at radius 2 is 1.65 bits per heavy atom. The summed E-state index contributed by atoms with van der Waals surface area (Å²) in [5.41, 5.74) is 1.16. The number of aliphatic hydroxyl groups is 1. The van der Waals surface area contributed by atoms with Crippen molar-refractivity contribution < 1.29 is 33.1 Å². The van der Waals surface area contributed by atoms with Crippen LogP contribution in [-0.4, -0.2) is 61.4 Å². The van der Waals surface area contributed by atoms with Gasteiger partial charge in [-0.2, -0.15) is 0 Å². The van der Waals surface area contributed by atoms with Gasteiger partial charge >= 0.3 is 0 Å². The summed E-state index contributed by atoms with van der Waals surface area (Å²) < 4.78 is 25.8. The van der Waals surface area contributed by atoms with Gasteiger partial charge < -0.3 is 33.7 Å². The van der Waals surface area contributed by atoms with E-state index in [0.29, 0.717) is 42.3 Å². The van der Waals surface area contributed by atoms with Crippen LogP contribution in [0.25, 0.3) is 0 Å². The van der Waals surface area contributed by atoms with Crippen molar-refractivity contribution in [2.75, 3.05) is 25.5 Å². The molecular formula is C43H50N4O7Si. The van der Waals surface area contributed by atoms with E-state index in [1.807, 2.05) is 92.8 Å². The summed E-state index contributed by atoms with van der Waals surface area (Å²) in [4.78, 5) is 37.3. The molecule has 0 saturated carbocycles. The molecule has 0 spiro atoms. The molecule has 2 heterocycles. The van der Waals surface area contributed by atoms with E-state index in [2.05, 4.69) is 37.8 Å². The molecule has 11 nitrogen and oxygen atoms in total. The van der Waals surface area contributed by atoms with Gasteiger partial charge in [0.2, 0.25) is 5.78 Å². The first-order valence-electron chi connectivity index (χ1n) is 18.8. The highest BCUT2D eigenvalue weighted by Crippen LogP contribution is 2.59. The molecule has 0 amide bonds. The van der Waals surface area contributed by atoms with Crippen molar-refractivity contribution in [1.82, 2.24) is 15.5 Å². The number of carbonyl (C=O) groups excluding carboxylic acids is 2. The largest absolute Gasteiger partial charge is 0.508 e. The molecule has 0 saturated heterocycles. The van der Waals surface area contributed by atoms with Crippen molar-refractivity contribution in [1.29, 1.82) is 0 Å². The van der Waals surface area contributed by atoms with Gasteiger partial charge in [0.25, 0.3) is 5.88 Å². The van der Waals surface area contributed by atoms with Gasteiger partial charge in [0.1, 0.15) is 36.1 Å². The maximum absolute atomic E-state index is 15.5. The Balaban J connectivity index is 1.42. The first-order chi connectivity index (χ1) is 26.2. The zero-order valence-corrected chi connectivity index (χ0v) is 33.6. The van der Waals surface area contributed by atoms with Crippen LogP contribution in [0.5, 0.6) is 11.6 Å². The average molecular weight is 763 g/mol. The Kier molecular flexibility index (Phi) is 10.1. The van der Waals surface area contributed by atoms with Crippen LogP contribution >= 0.6 is 0 Å². The minimum absolute atomic E-state index is 0.00412. The standard InChI is InChI=1S/C43H50N4O7Si/c1-9-20-44-35-30-22-28-21-29-33(31(23-45-40(29)47(5)6)51-24-26-16-12-10-13-17-26)36(48)32(28)38(49)43(30,54-55(7,8)42(2,3)4)39(50)34-37(35)53-46-41(34)52-25-27-18-14-11-15-19-27/h9-19,23,28,30,35,44,49H,1,20-22,24-25H2,2-8H3/t28-,30-,35-,43-/m0/s1. The number of fused-ring (bicyclic) bond motifs is 4. The monoisotopic (exact) mass is 762 g/mol. The second-order valence-electron chi connectivity index (χ2n) is 16.4. The first kappa shape index (κ1) is 38.2. The maximum atomic E-state index is 15.5. The smallest absolute Gasteiger partial charge is 0.265 e. The number of carbonyl (C=O) groups is 2. The summed E-state index contributed by atoms with van der Waals surface area (Å²) in [5, 5.41) is 20.4. The Hall–Kier alpha value is -5.04. The zero-order valence-electron chi connectivity index (χ0n) is 32.6. The fraction of sp³-hybridized carbons (Fsp3) is 0.395. The van der Waals surface area contributed by atoms with Gasteiger partial charge in [-0.3, -0.25) is 9.59 Å². The van der Waals surface area contributed by atoms with Crippen LogP contribution in [-0.2, 0) is 24.1 Å². The lowest BCUT2D eigenvalue weighted by atomic mass is 9.59. The van der Waals surface area contributed by atoms with Crippen molar-refractivity contribution in [3.63, 3.8) is 0 Å². The van der Waals surface area contributed by atoms with Gasteiger partial charge in [-0.25, -0.2) is 4.98 Å². The molecule has 2 aromatic heterocycles. The van der Waals surface area contributed by atoms with E-state index in [9.17, 15) is 5.11 Å².